The summed E-state index contributed by atoms with van der Waals surface area (Å²) >= 11 is 0. The number of nitrogens with two attached hydrogens (primary N) is 1. The first-order valence-corrected chi connectivity index (χ1v) is 5.17. The van der Waals surface area contributed by atoms with Gasteiger partial charge in [0, 0.05) is 0 Å². The van der Waals surface area contributed by atoms with E-state index >= 15 is 0 Å². The van der Waals surface area contributed by atoms with Crippen LogP contribution in [0.3, 0.4) is 0 Å². The van der Waals surface area contributed by atoms with Gasteiger partial charge in [-0.2, -0.15) is 9.61 Å². The second-order valence-electron chi connectivity index (χ2n) is 3.70. The van der Waals surface area contributed by atoms with Gasteiger partial charge in [0.05, 0.1) is 11.7 Å². The van der Waals surface area contributed by atoms with Gasteiger partial charge in [-0.3, -0.25) is 0 Å². The fourth-order valence-electron chi connectivity index (χ4n) is 1.57. The van der Waals surface area contributed by atoms with Crippen molar-refractivity contribution in [1.82, 2.24) is 19.8 Å². The van der Waals surface area contributed by atoms with Crippen LogP contribution in [0.1, 0.15) is 37.3 Å². The van der Waals surface area contributed by atoms with Gasteiger partial charge in [-0.1, -0.05) is 13.3 Å². The standard InChI is InChI=1S/C10H15N5/c1-3-4-8(11)10-13-12-9-6-5-7(2)14-15(9)10/h5-6,8H,3-4,11H2,1-2H3. The quantitative estimate of drug-likeness (QED) is 0.818. The van der Waals surface area contributed by atoms with Gasteiger partial charge in [0.15, 0.2) is 11.5 Å². The van der Waals surface area contributed by atoms with Gasteiger partial charge in [0.25, 0.3) is 0 Å². The molecule has 5 heteroatoms. The maximum absolute atomic E-state index is 6.00. The van der Waals surface area contributed by atoms with Crippen LogP contribution in [0, 0.1) is 6.92 Å². The second-order valence-corrected chi connectivity index (χ2v) is 3.70. The lowest BCUT2D eigenvalue weighted by molar-refractivity contribution is 0.582. The SMILES string of the molecule is CCCC(N)c1nnc2ccc(C)nn12. The largest absolute Gasteiger partial charge is 0.321 e. The molecular formula is C10H15N5. The second kappa shape index (κ2) is 3.94. The van der Waals surface area contributed by atoms with Gasteiger partial charge in [-0.05, 0) is 25.5 Å². The molecule has 5 nitrogen and oxygen atoms in total. The van der Waals surface area contributed by atoms with E-state index in [0.29, 0.717) is 0 Å². The van der Waals surface area contributed by atoms with Crippen LogP contribution in [0.5, 0.6) is 0 Å². The highest BCUT2D eigenvalue weighted by molar-refractivity contribution is 5.36. The van der Waals surface area contributed by atoms with Crippen molar-refractivity contribution in [2.45, 2.75) is 32.7 Å². The van der Waals surface area contributed by atoms with E-state index in [4.69, 9.17) is 5.73 Å². The number of aryl methyl sites for hydroxylation is 1. The highest BCUT2D eigenvalue weighted by Crippen LogP contribution is 2.13. The molecule has 0 saturated carbocycles. The summed E-state index contributed by atoms with van der Waals surface area (Å²) < 4.78 is 1.73. The van der Waals surface area contributed by atoms with E-state index in [1.165, 1.54) is 0 Å². The Morgan fingerprint density at radius 1 is 1.40 bits per heavy atom. The summed E-state index contributed by atoms with van der Waals surface area (Å²) in [5.74, 6) is 0.746. The minimum absolute atomic E-state index is 0.0840. The molecule has 2 rings (SSSR count). The summed E-state index contributed by atoms with van der Waals surface area (Å²) in [5.41, 5.74) is 7.69. The van der Waals surface area contributed by atoms with E-state index in [1.54, 1.807) is 4.52 Å². The maximum atomic E-state index is 6.00. The van der Waals surface area contributed by atoms with Crippen LogP contribution >= 0.6 is 0 Å². The summed E-state index contributed by atoms with van der Waals surface area (Å²) in [6, 6.07) is 3.73. The number of hydrogen-bond donors (Lipinski definition) is 1. The third-order valence-electron chi connectivity index (χ3n) is 2.35. The molecule has 2 heterocycles. The molecule has 0 fully saturated rings. The van der Waals surface area contributed by atoms with E-state index in [9.17, 15) is 0 Å². The zero-order chi connectivity index (χ0) is 10.8. The van der Waals surface area contributed by atoms with Gasteiger partial charge < -0.3 is 5.73 Å². The molecule has 2 aromatic heterocycles. The Morgan fingerprint density at radius 2 is 2.20 bits per heavy atom. The number of aromatic nitrogens is 4. The molecule has 0 aliphatic carbocycles. The molecule has 2 aromatic rings. The predicted molar refractivity (Wildman–Crippen MR) is 57.4 cm³/mol. The molecule has 0 bridgehead atoms. The van der Waals surface area contributed by atoms with Crippen LogP contribution in [-0.2, 0) is 0 Å². The molecule has 0 spiro atoms. The highest BCUT2D eigenvalue weighted by atomic mass is 15.4. The molecule has 0 aliphatic heterocycles. The molecule has 0 amide bonds. The topological polar surface area (TPSA) is 69.1 Å². The van der Waals surface area contributed by atoms with Crippen LogP contribution in [0.15, 0.2) is 12.1 Å². The Bertz CT molecular complexity index is 462. The normalized spacial score (nSPS) is 13.3. The first-order valence-electron chi connectivity index (χ1n) is 5.17. The van der Waals surface area contributed by atoms with Crippen LogP contribution in [-0.4, -0.2) is 19.8 Å². The summed E-state index contributed by atoms with van der Waals surface area (Å²) in [7, 11) is 0. The maximum Gasteiger partial charge on any atom is 0.177 e. The van der Waals surface area contributed by atoms with Crippen molar-refractivity contribution in [3.63, 3.8) is 0 Å². The fourth-order valence-corrected chi connectivity index (χ4v) is 1.57. The molecule has 1 unspecified atom stereocenters. The van der Waals surface area contributed by atoms with Crippen LogP contribution in [0.25, 0.3) is 5.65 Å². The summed E-state index contributed by atoms with van der Waals surface area (Å²) in [6.07, 6.45) is 1.93. The smallest absolute Gasteiger partial charge is 0.177 e. The number of fused-ring (bicyclic) bond motifs is 1. The van der Waals surface area contributed by atoms with E-state index < -0.39 is 0 Å². The molecule has 0 radical (unpaired) electrons. The average molecular weight is 205 g/mol. The Balaban J connectivity index is 2.47. The van der Waals surface area contributed by atoms with Crippen molar-refractivity contribution >= 4 is 5.65 Å². The van der Waals surface area contributed by atoms with E-state index in [2.05, 4.69) is 22.2 Å². The van der Waals surface area contributed by atoms with Gasteiger partial charge in [-0.25, -0.2) is 0 Å². The van der Waals surface area contributed by atoms with E-state index in [-0.39, 0.29) is 6.04 Å². The predicted octanol–water partition coefficient (Wildman–Crippen LogP) is 1.23. The van der Waals surface area contributed by atoms with Gasteiger partial charge >= 0.3 is 0 Å². The Hall–Kier alpha value is -1.49. The Kier molecular flexibility index (Phi) is 2.64. The Labute approximate surface area is 88.3 Å². The molecule has 0 saturated heterocycles. The van der Waals surface area contributed by atoms with Crippen molar-refractivity contribution in [3.05, 3.63) is 23.7 Å². The van der Waals surface area contributed by atoms with E-state index in [1.807, 2.05) is 19.1 Å². The lowest BCUT2D eigenvalue weighted by Gasteiger charge is -2.07. The van der Waals surface area contributed by atoms with E-state index in [0.717, 1.165) is 30.0 Å². The van der Waals surface area contributed by atoms with Gasteiger partial charge in [-0.15, -0.1) is 10.2 Å². The molecule has 1 atom stereocenters. The van der Waals surface area contributed by atoms with Gasteiger partial charge in [0.1, 0.15) is 0 Å². The molecule has 0 aliphatic rings. The molecule has 2 N–H and O–H groups in total. The average Bonchev–Trinajstić information content (AvgIpc) is 2.60. The molecule has 0 aromatic carbocycles. The molecule has 15 heavy (non-hydrogen) atoms. The van der Waals surface area contributed by atoms with Crippen LogP contribution in [0.4, 0.5) is 0 Å². The van der Waals surface area contributed by atoms with Crippen molar-refractivity contribution in [2.75, 3.05) is 0 Å². The number of nitrogens with zero attached hydrogens (tertiary/aromatic N) is 4. The van der Waals surface area contributed by atoms with Crippen LogP contribution in [0.2, 0.25) is 0 Å². The lowest BCUT2D eigenvalue weighted by atomic mass is 10.2. The van der Waals surface area contributed by atoms with Crippen molar-refractivity contribution in [2.24, 2.45) is 5.73 Å². The summed E-state index contributed by atoms with van der Waals surface area (Å²) in [6.45, 7) is 4.04. The molecular weight excluding hydrogens is 190 g/mol. The highest BCUT2D eigenvalue weighted by Gasteiger charge is 2.13. The zero-order valence-corrected chi connectivity index (χ0v) is 9.01. The molecule has 80 valence electrons. The third-order valence-corrected chi connectivity index (χ3v) is 2.35. The third kappa shape index (κ3) is 1.83. The van der Waals surface area contributed by atoms with Crippen molar-refractivity contribution in [3.8, 4) is 0 Å². The monoisotopic (exact) mass is 205 g/mol. The van der Waals surface area contributed by atoms with Gasteiger partial charge in [0.2, 0.25) is 0 Å². The Morgan fingerprint density at radius 3 is 2.93 bits per heavy atom. The lowest BCUT2D eigenvalue weighted by Crippen LogP contribution is -2.15. The summed E-state index contributed by atoms with van der Waals surface area (Å²) in [5, 5.41) is 12.5. The summed E-state index contributed by atoms with van der Waals surface area (Å²) in [4.78, 5) is 0. The number of hydrogen-bond acceptors (Lipinski definition) is 4. The number of rotatable bonds is 3. The zero-order valence-electron chi connectivity index (χ0n) is 9.01. The minimum Gasteiger partial charge on any atom is -0.321 e. The first-order chi connectivity index (χ1) is 7.22. The van der Waals surface area contributed by atoms with Crippen LogP contribution < -0.4 is 5.73 Å². The fraction of sp³-hybridized carbons (Fsp3) is 0.500. The van der Waals surface area contributed by atoms with Crippen molar-refractivity contribution in [1.29, 1.82) is 0 Å². The first kappa shape index (κ1) is 10.0. The van der Waals surface area contributed by atoms with Crippen molar-refractivity contribution < 1.29 is 0 Å². The minimum atomic E-state index is -0.0840.